The van der Waals surface area contributed by atoms with E-state index >= 15 is 0 Å². The SMILES string of the molecule is COc1c(C2(C)CCCN2)ccc2c1CCCN2C. The number of benzene rings is 1. The minimum absolute atomic E-state index is 0.0798. The van der Waals surface area contributed by atoms with E-state index in [1.54, 1.807) is 0 Å². The van der Waals surface area contributed by atoms with Crippen LogP contribution in [0.3, 0.4) is 0 Å². The maximum Gasteiger partial charge on any atom is 0.129 e. The quantitative estimate of drug-likeness (QED) is 0.885. The van der Waals surface area contributed by atoms with E-state index in [4.69, 9.17) is 4.74 Å². The van der Waals surface area contributed by atoms with Crippen LogP contribution in [0.4, 0.5) is 5.69 Å². The van der Waals surface area contributed by atoms with Gasteiger partial charge in [0.05, 0.1) is 7.11 Å². The molecule has 0 spiro atoms. The van der Waals surface area contributed by atoms with Gasteiger partial charge < -0.3 is 15.0 Å². The molecule has 2 aliphatic rings. The largest absolute Gasteiger partial charge is 0.496 e. The molecule has 1 fully saturated rings. The Kier molecular flexibility index (Phi) is 3.17. The molecule has 0 radical (unpaired) electrons. The van der Waals surface area contributed by atoms with Crippen molar-refractivity contribution in [2.45, 2.75) is 38.1 Å². The van der Waals surface area contributed by atoms with Crippen molar-refractivity contribution in [3.05, 3.63) is 23.3 Å². The Morgan fingerprint density at radius 2 is 2.16 bits per heavy atom. The monoisotopic (exact) mass is 260 g/mol. The van der Waals surface area contributed by atoms with Gasteiger partial charge in [-0.1, -0.05) is 6.07 Å². The second-order valence-corrected chi connectivity index (χ2v) is 6.03. The number of hydrogen-bond donors (Lipinski definition) is 1. The molecule has 0 saturated carbocycles. The molecule has 0 aromatic heterocycles. The molecule has 3 heteroatoms. The van der Waals surface area contributed by atoms with Gasteiger partial charge in [0, 0.05) is 35.9 Å². The number of nitrogens with zero attached hydrogens (tertiary/aromatic N) is 1. The Hall–Kier alpha value is -1.22. The van der Waals surface area contributed by atoms with Crippen molar-refractivity contribution in [1.29, 1.82) is 0 Å². The van der Waals surface area contributed by atoms with Crippen molar-refractivity contribution in [1.82, 2.24) is 5.32 Å². The normalized spacial score (nSPS) is 26.4. The smallest absolute Gasteiger partial charge is 0.129 e. The number of hydrogen-bond acceptors (Lipinski definition) is 3. The van der Waals surface area contributed by atoms with Gasteiger partial charge >= 0.3 is 0 Å². The molecule has 3 nitrogen and oxygen atoms in total. The highest BCUT2D eigenvalue weighted by atomic mass is 16.5. The summed E-state index contributed by atoms with van der Waals surface area (Å²) in [4.78, 5) is 2.34. The molecule has 1 aromatic carbocycles. The average molecular weight is 260 g/mol. The van der Waals surface area contributed by atoms with Gasteiger partial charge in [0.1, 0.15) is 5.75 Å². The van der Waals surface area contributed by atoms with E-state index in [1.807, 2.05) is 7.11 Å². The fourth-order valence-electron chi connectivity index (χ4n) is 3.62. The van der Waals surface area contributed by atoms with Crippen molar-refractivity contribution in [2.75, 3.05) is 32.1 Å². The first kappa shape index (κ1) is 12.8. The van der Waals surface area contributed by atoms with Gasteiger partial charge in [-0.2, -0.15) is 0 Å². The van der Waals surface area contributed by atoms with Gasteiger partial charge in [-0.05, 0) is 45.2 Å². The summed E-state index contributed by atoms with van der Waals surface area (Å²) in [6.07, 6.45) is 4.79. The van der Waals surface area contributed by atoms with Gasteiger partial charge in [0.15, 0.2) is 0 Å². The first-order chi connectivity index (χ1) is 9.15. The molecule has 2 aliphatic heterocycles. The van der Waals surface area contributed by atoms with Crippen LogP contribution in [-0.2, 0) is 12.0 Å². The van der Waals surface area contributed by atoms with Crippen LogP contribution in [0.1, 0.15) is 37.3 Å². The summed E-state index contributed by atoms with van der Waals surface area (Å²) < 4.78 is 5.80. The van der Waals surface area contributed by atoms with Crippen molar-refractivity contribution in [3.63, 3.8) is 0 Å². The van der Waals surface area contributed by atoms with Gasteiger partial charge in [-0.25, -0.2) is 0 Å². The lowest BCUT2D eigenvalue weighted by Gasteiger charge is -2.33. The summed E-state index contributed by atoms with van der Waals surface area (Å²) >= 11 is 0. The summed E-state index contributed by atoms with van der Waals surface area (Å²) in [7, 11) is 3.98. The molecule has 1 saturated heterocycles. The molecule has 2 heterocycles. The second-order valence-electron chi connectivity index (χ2n) is 6.03. The number of fused-ring (bicyclic) bond motifs is 1. The lowest BCUT2D eigenvalue weighted by Crippen LogP contribution is -2.34. The minimum atomic E-state index is 0.0798. The van der Waals surface area contributed by atoms with E-state index < -0.39 is 0 Å². The van der Waals surface area contributed by atoms with Gasteiger partial charge in [-0.3, -0.25) is 0 Å². The Balaban J connectivity index is 2.11. The van der Waals surface area contributed by atoms with E-state index in [0.717, 1.165) is 25.3 Å². The molecule has 104 valence electrons. The molecule has 3 rings (SSSR count). The summed E-state index contributed by atoms with van der Waals surface area (Å²) in [6, 6.07) is 4.54. The molecule has 1 aromatic rings. The first-order valence-electron chi connectivity index (χ1n) is 7.32. The molecule has 19 heavy (non-hydrogen) atoms. The molecule has 1 atom stereocenters. The fourth-order valence-corrected chi connectivity index (χ4v) is 3.62. The van der Waals surface area contributed by atoms with Crippen molar-refractivity contribution in [2.24, 2.45) is 0 Å². The van der Waals surface area contributed by atoms with Crippen molar-refractivity contribution in [3.8, 4) is 5.75 Å². The van der Waals surface area contributed by atoms with E-state index in [9.17, 15) is 0 Å². The fraction of sp³-hybridized carbons (Fsp3) is 0.625. The van der Waals surface area contributed by atoms with Crippen LogP contribution in [0.15, 0.2) is 12.1 Å². The predicted molar refractivity (Wildman–Crippen MR) is 79.2 cm³/mol. The van der Waals surface area contributed by atoms with Crippen LogP contribution in [0, 0.1) is 0 Å². The molecule has 1 N–H and O–H groups in total. The van der Waals surface area contributed by atoms with Crippen LogP contribution in [0.2, 0.25) is 0 Å². The maximum atomic E-state index is 5.80. The van der Waals surface area contributed by atoms with Crippen molar-refractivity contribution >= 4 is 5.69 Å². The van der Waals surface area contributed by atoms with Crippen LogP contribution >= 0.6 is 0 Å². The topological polar surface area (TPSA) is 24.5 Å². The lowest BCUT2D eigenvalue weighted by molar-refractivity contribution is 0.366. The van der Waals surface area contributed by atoms with Crippen LogP contribution < -0.4 is 15.0 Å². The number of rotatable bonds is 2. The van der Waals surface area contributed by atoms with Gasteiger partial charge in [-0.15, -0.1) is 0 Å². The van der Waals surface area contributed by atoms with Crippen LogP contribution in [-0.4, -0.2) is 27.2 Å². The second kappa shape index (κ2) is 4.71. The molecular formula is C16H24N2O. The maximum absolute atomic E-state index is 5.80. The van der Waals surface area contributed by atoms with E-state index in [-0.39, 0.29) is 5.54 Å². The third-order valence-electron chi connectivity index (χ3n) is 4.73. The Bertz CT molecular complexity index is 478. The van der Waals surface area contributed by atoms with E-state index in [0.29, 0.717) is 0 Å². The zero-order chi connectivity index (χ0) is 13.5. The Morgan fingerprint density at radius 3 is 2.84 bits per heavy atom. The van der Waals surface area contributed by atoms with E-state index in [2.05, 4.69) is 36.3 Å². The average Bonchev–Trinajstić information content (AvgIpc) is 2.86. The highest BCUT2D eigenvalue weighted by molar-refractivity contribution is 5.64. The van der Waals surface area contributed by atoms with Gasteiger partial charge in [0.25, 0.3) is 0 Å². The summed E-state index contributed by atoms with van der Waals surface area (Å²) in [5, 5.41) is 3.65. The van der Waals surface area contributed by atoms with Gasteiger partial charge in [0.2, 0.25) is 0 Å². The highest BCUT2D eigenvalue weighted by Crippen LogP contribution is 2.43. The molecular weight excluding hydrogens is 236 g/mol. The third kappa shape index (κ3) is 2.00. The highest BCUT2D eigenvalue weighted by Gasteiger charge is 2.34. The number of ether oxygens (including phenoxy) is 1. The molecule has 0 bridgehead atoms. The lowest BCUT2D eigenvalue weighted by atomic mass is 9.86. The number of nitrogens with one attached hydrogen (secondary N) is 1. The molecule has 0 aliphatic carbocycles. The Labute approximate surface area is 115 Å². The zero-order valence-electron chi connectivity index (χ0n) is 12.3. The number of anilines is 1. The first-order valence-corrected chi connectivity index (χ1v) is 7.32. The van der Waals surface area contributed by atoms with Crippen LogP contribution in [0.5, 0.6) is 5.75 Å². The van der Waals surface area contributed by atoms with Crippen molar-refractivity contribution < 1.29 is 4.74 Å². The predicted octanol–water partition coefficient (Wildman–Crippen LogP) is 2.68. The van der Waals surface area contributed by atoms with Crippen LogP contribution in [0.25, 0.3) is 0 Å². The zero-order valence-corrected chi connectivity index (χ0v) is 12.3. The minimum Gasteiger partial charge on any atom is -0.496 e. The summed E-state index contributed by atoms with van der Waals surface area (Å²) in [6.45, 7) is 4.55. The molecule has 0 amide bonds. The standard InChI is InChI=1S/C16H24N2O/c1-16(9-5-10-17-16)13-7-8-14-12(15(13)19-3)6-4-11-18(14)2/h7-8,17H,4-6,9-11H2,1-3H3. The Morgan fingerprint density at radius 1 is 1.32 bits per heavy atom. The van der Waals surface area contributed by atoms with E-state index in [1.165, 1.54) is 36.1 Å². The summed E-state index contributed by atoms with van der Waals surface area (Å²) in [5.74, 6) is 1.11. The number of methoxy groups -OCH3 is 1. The summed E-state index contributed by atoms with van der Waals surface area (Å²) in [5.41, 5.74) is 4.15. The molecule has 1 unspecified atom stereocenters. The third-order valence-corrected chi connectivity index (χ3v) is 4.73.